The first kappa shape index (κ1) is 13.1. The van der Waals surface area contributed by atoms with E-state index >= 15 is 0 Å². The van der Waals surface area contributed by atoms with Crippen molar-refractivity contribution >= 4 is 12.6 Å². The summed E-state index contributed by atoms with van der Waals surface area (Å²) in [6, 6.07) is 0. The summed E-state index contributed by atoms with van der Waals surface area (Å²) in [5.41, 5.74) is 0. The smallest absolute Gasteiger partial charge is 0.251 e. The maximum atomic E-state index is 12.0. The first-order chi connectivity index (χ1) is 6.20. The molecule has 0 aliphatic carbocycles. The lowest BCUT2D eigenvalue weighted by molar-refractivity contribution is 0.0777. The second kappa shape index (κ2) is 8.72. The van der Waals surface area contributed by atoms with E-state index in [1.54, 1.807) is 4.90 Å². The normalized spacial score (nSPS) is 11.5. The highest BCUT2D eigenvalue weighted by Crippen LogP contribution is 2.01. The fourth-order valence-electron chi connectivity index (χ4n) is 1.08. The minimum absolute atomic E-state index is 0.0619. The summed E-state index contributed by atoms with van der Waals surface area (Å²) < 4.78 is 24.0. The molecule has 0 fully saturated rings. The van der Waals surface area contributed by atoms with Crippen LogP contribution in [0, 0.1) is 0 Å². The van der Waals surface area contributed by atoms with E-state index in [4.69, 9.17) is 5.11 Å². The zero-order chi connectivity index (χ0) is 10.1. The van der Waals surface area contributed by atoms with E-state index in [0.29, 0.717) is 13.1 Å². The van der Waals surface area contributed by atoms with Crippen molar-refractivity contribution < 1.29 is 13.9 Å². The van der Waals surface area contributed by atoms with Gasteiger partial charge in [0.2, 0.25) is 0 Å². The number of nitrogens with zero attached hydrogens (tertiary/aromatic N) is 1. The molecule has 2 nitrogen and oxygen atoms in total. The fourth-order valence-corrected chi connectivity index (χ4v) is 1.30. The van der Waals surface area contributed by atoms with Crippen LogP contribution in [0.25, 0.3) is 0 Å². The number of unbranched alkanes of at least 4 members (excludes halogenated alkanes) is 1. The van der Waals surface area contributed by atoms with Gasteiger partial charge in [-0.05, 0) is 25.1 Å². The summed E-state index contributed by atoms with van der Waals surface area (Å²) in [5, 5.41) is 8.60. The zero-order valence-corrected chi connectivity index (χ0v) is 8.52. The van der Waals surface area contributed by atoms with E-state index in [-0.39, 0.29) is 13.2 Å². The van der Waals surface area contributed by atoms with Gasteiger partial charge in [0.1, 0.15) is 0 Å². The van der Waals surface area contributed by atoms with E-state index in [0.717, 1.165) is 18.6 Å². The van der Waals surface area contributed by atoms with E-state index in [2.05, 4.69) is 12.6 Å². The molecule has 0 aromatic carbocycles. The number of hydrogen-bond donors (Lipinski definition) is 2. The molecule has 0 aliphatic heterocycles. The average Bonchev–Trinajstić information content (AvgIpc) is 2.04. The third-order valence-corrected chi connectivity index (χ3v) is 2.01. The van der Waals surface area contributed by atoms with Gasteiger partial charge in [-0.25, -0.2) is 8.78 Å². The van der Waals surface area contributed by atoms with Gasteiger partial charge in [-0.1, -0.05) is 0 Å². The molecule has 0 saturated heterocycles. The van der Waals surface area contributed by atoms with Crippen LogP contribution in [0.5, 0.6) is 0 Å². The first-order valence-corrected chi connectivity index (χ1v) is 5.06. The molecule has 0 radical (unpaired) electrons. The fraction of sp³-hybridized carbons (Fsp3) is 1.00. The van der Waals surface area contributed by atoms with Crippen LogP contribution in [0.1, 0.15) is 12.8 Å². The Bertz CT molecular complexity index is 116. The van der Waals surface area contributed by atoms with Crippen molar-refractivity contribution in [1.82, 2.24) is 4.90 Å². The van der Waals surface area contributed by atoms with Crippen molar-refractivity contribution in [2.24, 2.45) is 0 Å². The Hall–Kier alpha value is 0.130. The standard InChI is InChI=1S/C8H17F2NOS/c9-8(10)7-11(4-5-12)3-1-2-6-13/h8,12-13H,1-7H2. The van der Waals surface area contributed by atoms with Crippen LogP contribution >= 0.6 is 12.6 Å². The van der Waals surface area contributed by atoms with Crippen molar-refractivity contribution in [2.75, 3.05) is 32.0 Å². The second-order valence-electron chi connectivity index (χ2n) is 2.85. The Morgan fingerprint density at radius 3 is 2.38 bits per heavy atom. The molecule has 0 rings (SSSR count). The van der Waals surface area contributed by atoms with Gasteiger partial charge in [0.05, 0.1) is 13.2 Å². The lowest BCUT2D eigenvalue weighted by Gasteiger charge is -2.20. The third-order valence-electron chi connectivity index (χ3n) is 1.69. The number of aliphatic hydroxyl groups is 1. The summed E-state index contributed by atoms with van der Waals surface area (Å²) in [6.45, 7) is 0.642. The van der Waals surface area contributed by atoms with Crippen molar-refractivity contribution in [3.8, 4) is 0 Å². The minimum Gasteiger partial charge on any atom is -0.395 e. The Balaban J connectivity index is 3.53. The molecule has 0 bridgehead atoms. The zero-order valence-electron chi connectivity index (χ0n) is 7.62. The van der Waals surface area contributed by atoms with Gasteiger partial charge in [-0.2, -0.15) is 12.6 Å². The topological polar surface area (TPSA) is 23.5 Å². The van der Waals surface area contributed by atoms with Gasteiger partial charge in [0, 0.05) is 6.54 Å². The molecule has 1 N–H and O–H groups in total. The molecule has 0 amide bonds. The highest BCUT2D eigenvalue weighted by Gasteiger charge is 2.10. The SMILES string of the molecule is OCCN(CCCCS)CC(F)F. The number of halogens is 2. The van der Waals surface area contributed by atoms with Crippen LogP contribution in [-0.4, -0.2) is 48.4 Å². The third kappa shape index (κ3) is 8.46. The summed E-state index contributed by atoms with van der Waals surface area (Å²) in [7, 11) is 0. The van der Waals surface area contributed by atoms with Gasteiger partial charge in [-0.3, -0.25) is 4.90 Å². The van der Waals surface area contributed by atoms with E-state index in [1.165, 1.54) is 0 Å². The monoisotopic (exact) mass is 213 g/mol. The largest absolute Gasteiger partial charge is 0.395 e. The molecule has 5 heteroatoms. The molecule has 13 heavy (non-hydrogen) atoms. The number of aliphatic hydroxyl groups excluding tert-OH is 1. The van der Waals surface area contributed by atoms with E-state index in [9.17, 15) is 8.78 Å². The Labute approximate surface area is 83.3 Å². The molecule has 0 aromatic rings. The highest BCUT2D eigenvalue weighted by molar-refractivity contribution is 7.80. The van der Waals surface area contributed by atoms with Crippen molar-refractivity contribution in [3.05, 3.63) is 0 Å². The predicted octanol–water partition coefficient (Wildman–Crippen LogP) is 1.26. The lowest BCUT2D eigenvalue weighted by Crippen LogP contribution is -2.32. The van der Waals surface area contributed by atoms with Gasteiger partial charge in [0.15, 0.2) is 0 Å². The van der Waals surface area contributed by atoms with Crippen LogP contribution in [0.4, 0.5) is 8.78 Å². The van der Waals surface area contributed by atoms with Crippen LogP contribution in [0.3, 0.4) is 0 Å². The molecule has 0 aromatic heterocycles. The molecule has 80 valence electrons. The summed E-state index contributed by atoms with van der Waals surface area (Å²) >= 11 is 4.03. The van der Waals surface area contributed by atoms with Gasteiger partial charge in [0.25, 0.3) is 6.43 Å². The maximum Gasteiger partial charge on any atom is 0.251 e. The number of alkyl halides is 2. The van der Waals surface area contributed by atoms with Crippen molar-refractivity contribution in [1.29, 1.82) is 0 Å². The second-order valence-corrected chi connectivity index (χ2v) is 3.29. The van der Waals surface area contributed by atoms with Crippen LogP contribution < -0.4 is 0 Å². The van der Waals surface area contributed by atoms with Crippen LogP contribution in [-0.2, 0) is 0 Å². The van der Waals surface area contributed by atoms with Crippen LogP contribution in [0.15, 0.2) is 0 Å². The quantitative estimate of drug-likeness (QED) is 0.468. The highest BCUT2D eigenvalue weighted by atomic mass is 32.1. The molecule has 0 aliphatic rings. The lowest BCUT2D eigenvalue weighted by atomic mass is 10.3. The first-order valence-electron chi connectivity index (χ1n) is 4.43. The molecular weight excluding hydrogens is 196 g/mol. The molecule has 0 heterocycles. The predicted molar refractivity (Wildman–Crippen MR) is 52.6 cm³/mol. The van der Waals surface area contributed by atoms with E-state index < -0.39 is 6.43 Å². The number of hydrogen-bond acceptors (Lipinski definition) is 3. The van der Waals surface area contributed by atoms with Crippen molar-refractivity contribution in [3.63, 3.8) is 0 Å². The summed E-state index contributed by atoms with van der Waals surface area (Å²) in [4.78, 5) is 1.58. The maximum absolute atomic E-state index is 12.0. The Morgan fingerprint density at radius 2 is 1.92 bits per heavy atom. The van der Waals surface area contributed by atoms with Crippen LogP contribution in [0.2, 0.25) is 0 Å². The molecule has 0 saturated carbocycles. The molecule has 0 unspecified atom stereocenters. The Morgan fingerprint density at radius 1 is 1.23 bits per heavy atom. The molecule has 0 atom stereocenters. The number of thiol groups is 1. The molecular formula is C8H17F2NOS. The van der Waals surface area contributed by atoms with Crippen molar-refractivity contribution in [2.45, 2.75) is 19.3 Å². The minimum atomic E-state index is -2.32. The number of rotatable bonds is 8. The summed E-state index contributed by atoms with van der Waals surface area (Å²) in [6.07, 6.45) is -0.535. The molecule has 0 spiro atoms. The van der Waals surface area contributed by atoms with Gasteiger partial charge in [-0.15, -0.1) is 0 Å². The Kier molecular flexibility index (Phi) is 8.80. The summed E-state index contributed by atoms with van der Waals surface area (Å²) in [5.74, 6) is 0.779. The van der Waals surface area contributed by atoms with E-state index in [1.807, 2.05) is 0 Å². The average molecular weight is 213 g/mol. The van der Waals surface area contributed by atoms with Gasteiger partial charge < -0.3 is 5.11 Å². The van der Waals surface area contributed by atoms with Gasteiger partial charge >= 0.3 is 0 Å².